The first kappa shape index (κ1) is 17.3. The molecule has 0 aliphatic rings. The predicted octanol–water partition coefficient (Wildman–Crippen LogP) is 3.89. The molecule has 0 spiro atoms. The molecule has 0 saturated heterocycles. The number of nitrogens with one attached hydrogen (secondary N) is 1. The summed E-state index contributed by atoms with van der Waals surface area (Å²) in [4.78, 5) is 0. The van der Waals surface area contributed by atoms with Gasteiger partial charge in [0.25, 0.3) is 0 Å². The molecular formula is C16H26ClNO2. The Bertz CT molecular complexity index is 381. The fraction of sp³-hybridized carbons (Fsp3) is 0.625. The van der Waals surface area contributed by atoms with Gasteiger partial charge in [-0.3, -0.25) is 0 Å². The SMILES string of the molecule is CCC(CC)COc1ccc(CNCCOC)cc1Cl. The van der Waals surface area contributed by atoms with Gasteiger partial charge in [-0.15, -0.1) is 0 Å². The number of ether oxygens (including phenoxy) is 2. The Hall–Kier alpha value is -0.770. The third-order valence-corrected chi connectivity index (χ3v) is 3.73. The summed E-state index contributed by atoms with van der Waals surface area (Å²) >= 11 is 6.26. The van der Waals surface area contributed by atoms with E-state index in [-0.39, 0.29) is 0 Å². The van der Waals surface area contributed by atoms with Gasteiger partial charge in [0.1, 0.15) is 5.75 Å². The Morgan fingerprint density at radius 3 is 2.60 bits per heavy atom. The lowest BCUT2D eigenvalue weighted by Gasteiger charge is -2.15. The van der Waals surface area contributed by atoms with Crippen molar-refractivity contribution in [2.45, 2.75) is 33.2 Å². The first-order valence-electron chi connectivity index (χ1n) is 7.32. The van der Waals surface area contributed by atoms with Crippen LogP contribution in [0.2, 0.25) is 5.02 Å². The Morgan fingerprint density at radius 1 is 1.25 bits per heavy atom. The average molecular weight is 300 g/mol. The average Bonchev–Trinajstić information content (AvgIpc) is 2.46. The van der Waals surface area contributed by atoms with Crippen molar-refractivity contribution in [3.63, 3.8) is 0 Å². The summed E-state index contributed by atoms with van der Waals surface area (Å²) in [6, 6.07) is 5.97. The molecule has 1 rings (SSSR count). The quantitative estimate of drug-likeness (QED) is 0.665. The van der Waals surface area contributed by atoms with Crippen molar-refractivity contribution in [2.24, 2.45) is 5.92 Å². The minimum Gasteiger partial charge on any atom is -0.492 e. The number of hydrogen-bond acceptors (Lipinski definition) is 3. The minimum absolute atomic E-state index is 0.599. The van der Waals surface area contributed by atoms with Gasteiger partial charge < -0.3 is 14.8 Å². The van der Waals surface area contributed by atoms with Gasteiger partial charge in [0.2, 0.25) is 0 Å². The molecule has 0 radical (unpaired) electrons. The summed E-state index contributed by atoms with van der Waals surface area (Å²) in [5.41, 5.74) is 1.15. The highest BCUT2D eigenvalue weighted by molar-refractivity contribution is 6.32. The monoisotopic (exact) mass is 299 g/mol. The number of methoxy groups -OCH3 is 1. The first-order valence-corrected chi connectivity index (χ1v) is 7.69. The van der Waals surface area contributed by atoms with Crippen molar-refractivity contribution in [1.82, 2.24) is 5.32 Å². The molecule has 4 heteroatoms. The van der Waals surface area contributed by atoms with Crippen molar-refractivity contribution in [2.75, 3.05) is 26.9 Å². The van der Waals surface area contributed by atoms with E-state index in [2.05, 4.69) is 19.2 Å². The molecule has 0 amide bonds. The molecule has 3 nitrogen and oxygen atoms in total. The van der Waals surface area contributed by atoms with Crippen molar-refractivity contribution in [1.29, 1.82) is 0 Å². The van der Waals surface area contributed by atoms with Crippen molar-refractivity contribution < 1.29 is 9.47 Å². The lowest BCUT2D eigenvalue weighted by molar-refractivity contribution is 0.199. The largest absolute Gasteiger partial charge is 0.492 e. The normalized spacial score (nSPS) is 11.1. The van der Waals surface area contributed by atoms with Crippen LogP contribution in [0.1, 0.15) is 32.3 Å². The van der Waals surface area contributed by atoms with Crippen LogP contribution in [0.3, 0.4) is 0 Å². The highest BCUT2D eigenvalue weighted by Gasteiger charge is 2.07. The van der Waals surface area contributed by atoms with Crippen LogP contribution in [0, 0.1) is 5.92 Å². The van der Waals surface area contributed by atoms with Crippen LogP contribution in [-0.2, 0) is 11.3 Å². The second kappa shape index (κ2) is 10.0. The Balaban J connectivity index is 2.46. The fourth-order valence-corrected chi connectivity index (χ4v) is 2.17. The molecule has 0 heterocycles. The molecule has 0 unspecified atom stereocenters. The maximum Gasteiger partial charge on any atom is 0.137 e. The molecular weight excluding hydrogens is 274 g/mol. The molecule has 0 fully saturated rings. The predicted molar refractivity (Wildman–Crippen MR) is 84.6 cm³/mol. The number of benzene rings is 1. The van der Waals surface area contributed by atoms with Gasteiger partial charge in [0.15, 0.2) is 0 Å². The van der Waals surface area contributed by atoms with Crippen molar-refractivity contribution >= 4 is 11.6 Å². The third-order valence-electron chi connectivity index (χ3n) is 3.44. The van der Waals surface area contributed by atoms with E-state index in [1.165, 1.54) is 0 Å². The fourth-order valence-electron chi connectivity index (χ4n) is 1.91. The van der Waals surface area contributed by atoms with E-state index in [0.717, 1.165) is 43.9 Å². The van der Waals surface area contributed by atoms with Gasteiger partial charge in [0, 0.05) is 20.2 Å². The van der Waals surface area contributed by atoms with Gasteiger partial charge in [-0.2, -0.15) is 0 Å². The standard InChI is InChI=1S/C16H26ClNO2/c1-4-13(5-2)12-20-16-7-6-14(10-15(16)17)11-18-8-9-19-3/h6-7,10,13,18H,4-5,8-9,11-12H2,1-3H3. The second-order valence-electron chi connectivity index (χ2n) is 4.93. The zero-order valence-electron chi connectivity index (χ0n) is 12.7. The Kier molecular flexibility index (Phi) is 8.67. The van der Waals surface area contributed by atoms with Crippen LogP contribution in [0.4, 0.5) is 0 Å². The highest BCUT2D eigenvalue weighted by Crippen LogP contribution is 2.26. The van der Waals surface area contributed by atoms with Crippen LogP contribution < -0.4 is 10.1 Å². The van der Waals surface area contributed by atoms with E-state index in [0.29, 0.717) is 17.5 Å². The van der Waals surface area contributed by atoms with Crippen LogP contribution >= 0.6 is 11.6 Å². The van der Waals surface area contributed by atoms with Crippen molar-refractivity contribution in [3.05, 3.63) is 28.8 Å². The molecule has 1 aromatic rings. The molecule has 0 bridgehead atoms. The van der Waals surface area contributed by atoms with E-state index in [1.54, 1.807) is 7.11 Å². The van der Waals surface area contributed by atoms with Crippen LogP contribution in [0.25, 0.3) is 0 Å². The minimum atomic E-state index is 0.599. The number of halogens is 1. The number of rotatable bonds is 10. The molecule has 114 valence electrons. The topological polar surface area (TPSA) is 30.5 Å². The summed E-state index contributed by atoms with van der Waals surface area (Å²) in [5.74, 6) is 1.38. The van der Waals surface area contributed by atoms with E-state index < -0.39 is 0 Å². The Morgan fingerprint density at radius 2 is 2.00 bits per heavy atom. The second-order valence-corrected chi connectivity index (χ2v) is 5.34. The molecule has 0 aliphatic carbocycles. The smallest absolute Gasteiger partial charge is 0.137 e. The van der Waals surface area contributed by atoms with Crippen LogP contribution in [0.15, 0.2) is 18.2 Å². The molecule has 1 N–H and O–H groups in total. The highest BCUT2D eigenvalue weighted by atomic mass is 35.5. The summed E-state index contributed by atoms with van der Waals surface area (Å²) in [5, 5.41) is 3.98. The zero-order chi connectivity index (χ0) is 14.8. The molecule has 0 atom stereocenters. The number of hydrogen-bond donors (Lipinski definition) is 1. The van der Waals surface area contributed by atoms with Gasteiger partial charge >= 0.3 is 0 Å². The summed E-state index contributed by atoms with van der Waals surface area (Å²) in [6.45, 7) is 7.45. The first-order chi connectivity index (χ1) is 9.71. The van der Waals surface area contributed by atoms with E-state index in [9.17, 15) is 0 Å². The summed E-state index contributed by atoms with van der Waals surface area (Å²) in [7, 11) is 1.70. The lowest BCUT2D eigenvalue weighted by Crippen LogP contribution is -2.18. The molecule has 0 aromatic heterocycles. The molecule has 20 heavy (non-hydrogen) atoms. The van der Waals surface area contributed by atoms with E-state index in [4.69, 9.17) is 21.1 Å². The summed E-state index contributed by atoms with van der Waals surface area (Å²) in [6.07, 6.45) is 2.27. The molecule has 1 aromatic carbocycles. The molecule has 0 saturated carbocycles. The van der Waals surface area contributed by atoms with Crippen LogP contribution in [0.5, 0.6) is 5.75 Å². The third kappa shape index (κ3) is 6.12. The van der Waals surface area contributed by atoms with Crippen LogP contribution in [-0.4, -0.2) is 26.9 Å². The van der Waals surface area contributed by atoms with E-state index in [1.807, 2.05) is 18.2 Å². The maximum atomic E-state index is 6.26. The Labute approximate surface area is 127 Å². The van der Waals surface area contributed by atoms with E-state index >= 15 is 0 Å². The van der Waals surface area contributed by atoms with Gasteiger partial charge in [-0.25, -0.2) is 0 Å². The molecule has 0 aliphatic heterocycles. The van der Waals surface area contributed by atoms with Crippen molar-refractivity contribution in [3.8, 4) is 5.75 Å². The lowest BCUT2D eigenvalue weighted by atomic mass is 10.1. The summed E-state index contributed by atoms with van der Waals surface area (Å²) < 4.78 is 10.8. The van der Waals surface area contributed by atoms with Gasteiger partial charge in [-0.05, 0) is 23.6 Å². The zero-order valence-corrected chi connectivity index (χ0v) is 13.5. The van der Waals surface area contributed by atoms with Gasteiger partial charge in [-0.1, -0.05) is 44.4 Å². The maximum absolute atomic E-state index is 6.26. The van der Waals surface area contributed by atoms with Gasteiger partial charge in [0.05, 0.1) is 18.2 Å².